The quantitative estimate of drug-likeness (QED) is 0.602. The largest absolute Gasteiger partial charge is 0.282 e. The molecule has 0 saturated heterocycles. The number of thiophene rings is 1. The molecule has 0 aliphatic heterocycles. The van der Waals surface area contributed by atoms with Gasteiger partial charge in [0.15, 0.2) is 0 Å². The molecule has 7 heteroatoms. The Hall–Kier alpha value is -1.28. The van der Waals surface area contributed by atoms with Crippen LogP contribution in [-0.2, 0) is 13.2 Å². The normalized spacial score (nSPS) is 11.2. The van der Waals surface area contributed by atoms with Gasteiger partial charge in [-0.2, -0.15) is 5.10 Å². The first-order valence-electron chi connectivity index (χ1n) is 6.75. The van der Waals surface area contributed by atoms with Gasteiger partial charge < -0.3 is 0 Å². The maximum absolute atomic E-state index is 5.53. The molecule has 3 rings (SSSR count). The Balaban J connectivity index is 1.73. The van der Waals surface area contributed by atoms with Gasteiger partial charge in [0.1, 0.15) is 6.33 Å². The van der Waals surface area contributed by atoms with Crippen LogP contribution in [0.5, 0.6) is 0 Å². The third-order valence-electron chi connectivity index (χ3n) is 3.19. The molecule has 0 unspecified atom stereocenters. The zero-order valence-electron chi connectivity index (χ0n) is 12.0. The van der Waals surface area contributed by atoms with E-state index in [9.17, 15) is 0 Å². The third kappa shape index (κ3) is 3.55. The summed E-state index contributed by atoms with van der Waals surface area (Å²) in [5, 5.41) is 6.50. The highest BCUT2D eigenvalue weighted by atomic mass is 79.9. The molecular formula is C15H15BrN4S2. The van der Waals surface area contributed by atoms with Crippen LogP contribution in [0.3, 0.4) is 0 Å². The Morgan fingerprint density at radius 1 is 1.32 bits per heavy atom. The maximum Gasteiger partial charge on any atom is 0.203 e. The number of nitrogens with zero attached hydrogens (tertiary/aromatic N) is 4. The first kappa shape index (κ1) is 15.6. The van der Waals surface area contributed by atoms with Crippen molar-refractivity contribution in [2.75, 3.05) is 7.05 Å². The minimum Gasteiger partial charge on any atom is -0.282 e. The average molecular weight is 395 g/mol. The van der Waals surface area contributed by atoms with Crippen molar-refractivity contribution < 1.29 is 0 Å². The monoisotopic (exact) mass is 394 g/mol. The van der Waals surface area contributed by atoms with Crippen LogP contribution < -0.4 is 0 Å². The first-order chi connectivity index (χ1) is 10.6. The number of aromatic nitrogens is 3. The molecule has 4 nitrogen and oxygen atoms in total. The molecule has 0 aliphatic carbocycles. The molecule has 0 spiro atoms. The van der Waals surface area contributed by atoms with Gasteiger partial charge in [0, 0.05) is 27.0 Å². The van der Waals surface area contributed by atoms with E-state index in [2.05, 4.69) is 44.4 Å². The second-order valence-electron chi connectivity index (χ2n) is 5.01. The number of hydrogen-bond donors (Lipinski definition) is 0. The van der Waals surface area contributed by atoms with Gasteiger partial charge in [0.05, 0.1) is 6.67 Å². The predicted octanol–water partition coefficient (Wildman–Crippen LogP) is 4.32. The number of halogens is 1. The molecule has 2 heterocycles. The van der Waals surface area contributed by atoms with E-state index in [1.165, 1.54) is 4.88 Å². The molecular weight excluding hydrogens is 380 g/mol. The summed E-state index contributed by atoms with van der Waals surface area (Å²) >= 11 is 10.8. The lowest BCUT2D eigenvalue weighted by molar-refractivity contribution is 0.246. The molecule has 0 bridgehead atoms. The van der Waals surface area contributed by atoms with Gasteiger partial charge in [-0.3, -0.25) is 9.47 Å². The van der Waals surface area contributed by atoms with Gasteiger partial charge in [-0.15, -0.1) is 11.3 Å². The number of benzene rings is 1. The standard InChI is InChI=1S/C15H15BrN4S2/c1-18(8-14-7-12(16)9-22-14)11-20-15(21)19(10-17-20)13-5-3-2-4-6-13/h2-7,9-10H,8,11H2,1H3. The fraction of sp³-hybridized carbons (Fsp3) is 0.200. The summed E-state index contributed by atoms with van der Waals surface area (Å²) in [6.45, 7) is 1.53. The molecule has 3 aromatic rings. The van der Waals surface area contributed by atoms with Crippen molar-refractivity contribution in [2.45, 2.75) is 13.2 Å². The molecule has 0 atom stereocenters. The minimum atomic E-state index is 0.661. The van der Waals surface area contributed by atoms with E-state index in [1.807, 2.05) is 39.6 Å². The van der Waals surface area contributed by atoms with Crippen LogP contribution in [0.4, 0.5) is 0 Å². The predicted molar refractivity (Wildman–Crippen MR) is 95.9 cm³/mol. The van der Waals surface area contributed by atoms with E-state index in [-0.39, 0.29) is 0 Å². The van der Waals surface area contributed by atoms with Crippen molar-refractivity contribution in [3.63, 3.8) is 0 Å². The molecule has 0 aliphatic rings. The Morgan fingerprint density at radius 3 is 2.77 bits per heavy atom. The Kier molecular flexibility index (Phi) is 4.87. The van der Waals surface area contributed by atoms with Crippen LogP contribution >= 0.6 is 39.5 Å². The highest BCUT2D eigenvalue weighted by Gasteiger charge is 2.07. The van der Waals surface area contributed by atoms with Crippen molar-refractivity contribution in [3.05, 3.63) is 62.2 Å². The summed E-state index contributed by atoms with van der Waals surface area (Å²) < 4.78 is 5.59. The summed E-state index contributed by atoms with van der Waals surface area (Å²) in [5.74, 6) is 0. The highest BCUT2D eigenvalue weighted by Crippen LogP contribution is 2.21. The molecule has 0 saturated carbocycles. The van der Waals surface area contributed by atoms with E-state index in [4.69, 9.17) is 12.2 Å². The Bertz CT molecular complexity index is 806. The summed E-state index contributed by atoms with van der Waals surface area (Å²) in [5.41, 5.74) is 1.03. The van der Waals surface area contributed by atoms with E-state index in [0.717, 1.165) is 16.7 Å². The minimum absolute atomic E-state index is 0.661. The lowest BCUT2D eigenvalue weighted by Gasteiger charge is -2.15. The zero-order chi connectivity index (χ0) is 15.5. The van der Waals surface area contributed by atoms with Crippen molar-refractivity contribution in [3.8, 4) is 5.69 Å². The van der Waals surface area contributed by atoms with Crippen LogP contribution in [0.2, 0.25) is 0 Å². The van der Waals surface area contributed by atoms with Crippen LogP contribution in [-0.4, -0.2) is 26.3 Å². The Morgan fingerprint density at radius 2 is 2.09 bits per heavy atom. The van der Waals surface area contributed by atoms with E-state index >= 15 is 0 Å². The second-order valence-corrected chi connectivity index (χ2v) is 7.28. The molecule has 0 N–H and O–H groups in total. The molecule has 0 radical (unpaired) electrons. The van der Waals surface area contributed by atoms with Gasteiger partial charge in [0.2, 0.25) is 4.77 Å². The van der Waals surface area contributed by atoms with Crippen molar-refractivity contribution in [1.82, 2.24) is 19.2 Å². The number of rotatable bonds is 5. The Labute approximate surface area is 146 Å². The molecule has 22 heavy (non-hydrogen) atoms. The van der Waals surface area contributed by atoms with Crippen molar-refractivity contribution in [1.29, 1.82) is 0 Å². The zero-order valence-corrected chi connectivity index (χ0v) is 15.2. The first-order valence-corrected chi connectivity index (χ1v) is 8.83. The van der Waals surface area contributed by atoms with Crippen molar-refractivity contribution in [2.24, 2.45) is 0 Å². The molecule has 114 valence electrons. The smallest absolute Gasteiger partial charge is 0.203 e. The van der Waals surface area contributed by atoms with Gasteiger partial charge in [0.25, 0.3) is 0 Å². The molecule has 2 aromatic heterocycles. The van der Waals surface area contributed by atoms with Crippen LogP contribution in [0.15, 0.2) is 52.6 Å². The average Bonchev–Trinajstić information content (AvgIpc) is 3.07. The van der Waals surface area contributed by atoms with Gasteiger partial charge in [-0.05, 0) is 53.4 Å². The van der Waals surface area contributed by atoms with Crippen LogP contribution in [0.1, 0.15) is 4.88 Å². The maximum atomic E-state index is 5.53. The lowest BCUT2D eigenvalue weighted by atomic mass is 10.3. The summed E-state index contributed by atoms with van der Waals surface area (Å²) in [6, 6.07) is 12.2. The summed E-state index contributed by atoms with van der Waals surface area (Å²) in [4.78, 5) is 3.50. The topological polar surface area (TPSA) is 26.0 Å². The number of para-hydroxylation sites is 1. The van der Waals surface area contributed by atoms with Gasteiger partial charge >= 0.3 is 0 Å². The van der Waals surface area contributed by atoms with Crippen LogP contribution in [0.25, 0.3) is 5.69 Å². The molecule has 0 amide bonds. The van der Waals surface area contributed by atoms with E-state index in [1.54, 1.807) is 17.7 Å². The lowest BCUT2D eigenvalue weighted by Crippen LogP contribution is -2.22. The van der Waals surface area contributed by atoms with Gasteiger partial charge in [-0.25, -0.2) is 4.68 Å². The third-order valence-corrected chi connectivity index (χ3v) is 5.28. The van der Waals surface area contributed by atoms with Crippen LogP contribution in [0, 0.1) is 4.77 Å². The second kappa shape index (κ2) is 6.87. The fourth-order valence-electron chi connectivity index (χ4n) is 2.18. The molecule has 1 aromatic carbocycles. The molecule has 0 fully saturated rings. The summed E-state index contributed by atoms with van der Waals surface area (Å²) in [6.07, 6.45) is 1.77. The van der Waals surface area contributed by atoms with Crippen molar-refractivity contribution >= 4 is 39.5 Å². The SMILES string of the molecule is CN(Cc1cc(Br)cs1)Cn1ncn(-c2ccccc2)c1=S. The number of hydrogen-bond acceptors (Lipinski definition) is 4. The van der Waals surface area contributed by atoms with E-state index < -0.39 is 0 Å². The van der Waals surface area contributed by atoms with E-state index in [0.29, 0.717) is 11.4 Å². The summed E-state index contributed by atoms with van der Waals surface area (Å²) in [7, 11) is 2.07. The fourth-order valence-corrected chi connectivity index (χ4v) is 3.97. The highest BCUT2D eigenvalue weighted by molar-refractivity contribution is 9.10. The van der Waals surface area contributed by atoms with Gasteiger partial charge in [-0.1, -0.05) is 18.2 Å².